The first-order valence-electron chi connectivity index (χ1n) is 9.17. The van der Waals surface area contributed by atoms with E-state index in [0.29, 0.717) is 17.9 Å². The van der Waals surface area contributed by atoms with Crippen molar-refractivity contribution in [1.29, 1.82) is 0 Å². The van der Waals surface area contributed by atoms with Crippen molar-refractivity contribution in [2.24, 2.45) is 0 Å². The number of hydrogen-bond donors (Lipinski definition) is 1. The highest BCUT2D eigenvalue weighted by molar-refractivity contribution is 6.46. The molecular weight excluding hydrogens is 375 g/mol. The fourth-order valence-electron chi connectivity index (χ4n) is 3.36. The molecular formula is C22H23FN2O4. The van der Waals surface area contributed by atoms with Crippen LogP contribution in [-0.2, 0) is 9.59 Å². The number of methoxy groups -OCH3 is 1. The lowest BCUT2D eigenvalue weighted by Crippen LogP contribution is -2.35. The quantitative estimate of drug-likeness (QED) is 0.460. The average molecular weight is 398 g/mol. The summed E-state index contributed by atoms with van der Waals surface area (Å²) in [5.41, 5.74) is 0.346. The highest BCUT2D eigenvalue weighted by atomic mass is 19.1. The first-order chi connectivity index (χ1) is 13.8. The molecule has 1 aliphatic rings. The zero-order valence-electron chi connectivity index (χ0n) is 16.6. The molecule has 3 rings (SSSR count). The van der Waals surface area contributed by atoms with Gasteiger partial charge in [0.25, 0.3) is 11.7 Å². The van der Waals surface area contributed by atoms with Gasteiger partial charge in [0.15, 0.2) is 0 Å². The number of likely N-dealkylation sites (tertiary alicyclic amines) is 1. The molecule has 7 heteroatoms. The van der Waals surface area contributed by atoms with Crippen molar-refractivity contribution >= 4 is 17.4 Å². The van der Waals surface area contributed by atoms with Crippen LogP contribution in [0.5, 0.6) is 5.75 Å². The molecule has 0 spiro atoms. The molecule has 2 aromatic carbocycles. The molecule has 1 atom stereocenters. The maximum absolute atomic E-state index is 14.6. The van der Waals surface area contributed by atoms with Gasteiger partial charge in [0.2, 0.25) is 0 Å². The van der Waals surface area contributed by atoms with Gasteiger partial charge in [0.1, 0.15) is 17.3 Å². The topological polar surface area (TPSA) is 70.1 Å². The van der Waals surface area contributed by atoms with E-state index in [1.54, 1.807) is 30.3 Å². The number of aliphatic hydroxyl groups excluding tert-OH is 1. The standard InChI is InChI=1S/C22H23FN2O4/c1-24(2)11-12-25-19(16-9-4-5-10-17(16)23)18(21(27)22(25)28)20(26)14-7-6-8-15(13-14)29-3/h4-10,13,19,26H,11-12H2,1-3H3/t19-/m0/s1. The number of amides is 1. The zero-order valence-corrected chi connectivity index (χ0v) is 16.6. The number of aliphatic hydroxyl groups is 1. The first-order valence-corrected chi connectivity index (χ1v) is 9.17. The van der Waals surface area contributed by atoms with Crippen molar-refractivity contribution in [3.05, 3.63) is 71.0 Å². The third kappa shape index (κ3) is 4.00. The molecule has 6 nitrogen and oxygen atoms in total. The van der Waals surface area contributed by atoms with Crippen LogP contribution in [0.1, 0.15) is 17.2 Å². The van der Waals surface area contributed by atoms with Gasteiger partial charge in [-0.3, -0.25) is 9.59 Å². The smallest absolute Gasteiger partial charge is 0.295 e. The van der Waals surface area contributed by atoms with E-state index in [1.807, 2.05) is 19.0 Å². The third-order valence-corrected chi connectivity index (χ3v) is 4.87. The molecule has 1 amide bonds. The fourth-order valence-corrected chi connectivity index (χ4v) is 3.36. The molecule has 0 unspecified atom stereocenters. The number of carbonyl (C=O) groups is 2. The van der Waals surface area contributed by atoms with Crippen LogP contribution >= 0.6 is 0 Å². The van der Waals surface area contributed by atoms with Gasteiger partial charge in [-0.25, -0.2) is 4.39 Å². The molecule has 152 valence electrons. The minimum Gasteiger partial charge on any atom is -0.507 e. The van der Waals surface area contributed by atoms with Gasteiger partial charge >= 0.3 is 0 Å². The molecule has 1 fully saturated rings. The largest absolute Gasteiger partial charge is 0.507 e. The Morgan fingerprint density at radius 3 is 2.55 bits per heavy atom. The number of ether oxygens (including phenoxy) is 1. The summed E-state index contributed by atoms with van der Waals surface area (Å²) in [6.07, 6.45) is 0. The molecule has 1 saturated heterocycles. The summed E-state index contributed by atoms with van der Waals surface area (Å²) in [4.78, 5) is 28.8. The first kappa shape index (κ1) is 20.5. The zero-order chi connectivity index (χ0) is 21.1. The van der Waals surface area contributed by atoms with E-state index in [1.165, 1.54) is 30.2 Å². The summed E-state index contributed by atoms with van der Waals surface area (Å²) in [5, 5.41) is 10.9. The van der Waals surface area contributed by atoms with E-state index >= 15 is 0 Å². The number of likely N-dealkylation sites (N-methyl/N-ethyl adjacent to an activating group) is 1. The average Bonchev–Trinajstić information content (AvgIpc) is 2.96. The summed E-state index contributed by atoms with van der Waals surface area (Å²) < 4.78 is 19.8. The van der Waals surface area contributed by atoms with Crippen LogP contribution in [0.25, 0.3) is 5.76 Å². The number of Topliss-reactive ketones (excluding diaryl/α,β-unsaturated/α-hetero) is 1. The van der Waals surface area contributed by atoms with E-state index in [0.717, 1.165) is 0 Å². The van der Waals surface area contributed by atoms with Crippen molar-refractivity contribution in [2.75, 3.05) is 34.3 Å². The van der Waals surface area contributed by atoms with E-state index in [-0.39, 0.29) is 23.4 Å². The van der Waals surface area contributed by atoms with Crippen LogP contribution < -0.4 is 4.74 Å². The lowest BCUT2D eigenvalue weighted by atomic mass is 9.95. The summed E-state index contributed by atoms with van der Waals surface area (Å²) in [5.74, 6) is -2.02. The van der Waals surface area contributed by atoms with E-state index in [4.69, 9.17) is 4.74 Å². The van der Waals surface area contributed by atoms with Crippen molar-refractivity contribution in [3.63, 3.8) is 0 Å². The molecule has 1 heterocycles. The molecule has 2 aromatic rings. The predicted octanol–water partition coefficient (Wildman–Crippen LogP) is 2.82. The number of hydrogen-bond acceptors (Lipinski definition) is 5. The van der Waals surface area contributed by atoms with Gasteiger partial charge in [-0.15, -0.1) is 0 Å². The van der Waals surface area contributed by atoms with Gasteiger partial charge in [-0.05, 0) is 32.3 Å². The molecule has 1 N–H and O–H groups in total. The molecule has 29 heavy (non-hydrogen) atoms. The van der Waals surface area contributed by atoms with Crippen LogP contribution in [0.15, 0.2) is 54.1 Å². The van der Waals surface area contributed by atoms with Crippen molar-refractivity contribution < 1.29 is 23.8 Å². The van der Waals surface area contributed by atoms with Crippen LogP contribution in [0, 0.1) is 5.82 Å². The Labute approximate surface area is 168 Å². The highest BCUT2D eigenvalue weighted by Crippen LogP contribution is 2.40. The number of ketones is 1. The molecule has 0 saturated carbocycles. The van der Waals surface area contributed by atoms with Crippen molar-refractivity contribution in [1.82, 2.24) is 9.80 Å². The molecule has 1 aliphatic heterocycles. The lowest BCUT2D eigenvalue weighted by Gasteiger charge is -2.26. The predicted molar refractivity (Wildman–Crippen MR) is 107 cm³/mol. The second kappa shape index (κ2) is 8.45. The van der Waals surface area contributed by atoms with Gasteiger partial charge < -0.3 is 19.6 Å². The third-order valence-electron chi connectivity index (χ3n) is 4.87. The maximum atomic E-state index is 14.6. The highest BCUT2D eigenvalue weighted by Gasteiger charge is 2.46. The number of benzene rings is 2. The van der Waals surface area contributed by atoms with E-state index in [2.05, 4.69) is 0 Å². The monoisotopic (exact) mass is 398 g/mol. The Morgan fingerprint density at radius 2 is 1.90 bits per heavy atom. The van der Waals surface area contributed by atoms with Crippen LogP contribution in [0.2, 0.25) is 0 Å². The van der Waals surface area contributed by atoms with E-state index < -0.39 is 23.5 Å². The number of rotatable bonds is 6. The summed E-state index contributed by atoms with van der Waals surface area (Å²) >= 11 is 0. The number of halogens is 1. The molecule has 0 radical (unpaired) electrons. The van der Waals surface area contributed by atoms with Gasteiger partial charge in [-0.2, -0.15) is 0 Å². The van der Waals surface area contributed by atoms with Crippen molar-refractivity contribution in [2.45, 2.75) is 6.04 Å². The fraction of sp³-hybridized carbons (Fsp3) is 0.273. The minimum absolute atomic E-state index is 0.132. The van der Waals surface area contributed by atoms with Crippen LogP contribution in [0.4, 0.5) is 4.39 Å². The Morgan fingerprint density at radius 1 is 1.17 bits per heavy atom. The Hall–Kier alpha value is -3.19. The normalized spacial score (nSPS) is 18.5. The second-order valence-electron chi connectivity index (χ2n) is 7.05. The number of carbonyl (C=O) groups excluding carboxylic acids is 2. The summed E-state index contributed by atoms with van der Waals surface area (Å²) in [7, 11) is 5.16. The second-order valence-corrected chi connectivity index (χ2v) is 7.05. The Kier molecular flexibility index (Phi) is 5.98. The minimum atomic E-state index is -1.01. The van der Waals surface area contributed by atoms with Crippen LogP contribution in [0.3, 0.4) is 0 Å². The number of nitrogens with zero attached hydrogens (tertiary/aromatic N) is 2. The van der Waals surface area contributed by atoms with Gasteiger partial charge in [-0.1, -0.05) is 30.3 Å². The maximum Gasteiger partial charge on any atom is 0.295 e. The summed E-state index contributed by atoms with van der Waals surface area (Å²) in [6.45, 7) is 0.697. The SMILES string of the molecule is COc1cccc(C(O)=C2C(=O)C(=O)N(CCN(C)C)[C@H]2c2ccccc2F)c1. The van der Waals surface area contributed by atoms with E-state index in [9.17, 15) is 19.1 Å². The Bertz CT molecular complexity index is 971. The van der Waals surface area contributed by atoms with Crippen LogP contribution in [-0.4, -0.2) is 60.9 Å². The lowest BCUT2D eigenvalue weighted by molar-refractivity contribution is -0.140. The van der Waals surface area contributed by atoms with Gasteiger partial charge in [0.05, 0.1) is 18.7 Å². The Balaban J connectivity index is 2.18. The van der Waals surface area contributed by atoms with Crippen molar-refractivity contribution in [3.8, 4) is 5.75 Å². The molecule has 0 aromatic heterocycles. The summed E-state index contributed by atoms with van der Waals surface area (Å²) in [6, 6.07) is 11.5. The molecule has 0 aliphatic carbocycles. The van der Waals surface area contributed by atoms with Gasteiger partial charge in [0, 0.05) is 24.2 Å². The molecule has 0 bridgehead atoms.